The number of carbonyl (C=O) groups excluding carboxylic acids is 1. The Morgan fingerprint density at radius 1 is 1.00 bits per heavy atom. The summed E-state index contributed by atoms with van der Waals surface area (Å²) >= 11 is 0. The van der Waals surface area contributed by atoms with Gasteiger partial charge in [-0.2, -0.15) is 0 Å². The van der Waals surface area contributed by atoms with E-state index in [1.54, 1.807) is 0 Å². The Morgan fingerprint density at radius 3 is 1.96 bits per heavy atom. The molecule has 124 valence electrons. The molecule has 4 nitrogen and oxygen atoms in total. The van der Waals surface area contributed by atoms with Crippen LogP contribution in [0.5, 0.6) is 0 Å². The number of nitrogens with one attached hydrogen (secondary N) is 1. The van der Waals surface area contributed by atoms with Gasteiger partial charge in [0, 0.05) is 12.8 Å². The second-order valence-electron chi connectivity index (χ2n) is 6.28. The summed E-state index contributed by atoms with van der Waals surface area (Å²) in [6, 6.07) is 18.7. The normalized spacial score (nSPS) is 18.7. The average Bonchev–Trinajstić information content (AvgIpc) is 3.03. The van der Waals surface area contributed by atoms with Crippen LogP contribution >= 0.6 is 0 Å². The molecule has 0 spiro atoms. The second-order valence-corrected chi connectivity index (χ2v) is 6.28. The largest absolute Gasteiger partial charge is 0.480 e. The number of rotatable bonds is 6. The van der Waals surface area contributed by atoms with Crippen molar-refractivity contribution in [2.24, 2.45) is 5.92 Å². The molecule has 2 atom stereocenters. The lowest BCUT2D eigenvalue weighted by Crippen LogP contribution is -2.44. The van der Waals surface area contributed by atoms with Crippen LogP contribution in [0.2, 0.25) is 0 Å². The number of carboxylic acid groups (broad SMARTS) is 1. The third-order valence-corrected chi connectivity index (χ3v) is 4.63. The molecule has 1 fully saturated rings. The summed E-state index contributed by atoms with van der Waals surface area (Å²) in [7, 11) is 0. The molecular formula is C20H21NO3. The number of carbonyl (C=O) groups is 2. The smallest absolute Gasteiger partial charge is 0.321 e. The molecule has 0 bridgehead atoms. The summed E-state index contributed by atoms with van der Waals surface area (Å²) in [6.45, 7) is 0. The van der Waals surface area contributed by atoms with Crippen molar-refractivity contribution in [3.8, 4) is 0 Å². The average molecular weight is 323 g/mol. The van der Waals surface area contributed by atoms with Crippen molar-refractivity contribution in [2.75, 3.05) is 0 Å². The highest BCUT2D eigenvalue weighted by Gasteiger charge is 2.35. The third-order valence-electron chi connectivity index (χ3n) is 4.63. The molecule has 2 aromatic carbocycles. The number of Topliss-reactive ketones (excluding diaryl/α,β-unsaturated/α-hetero) is 1. The molecule has 4 heteroatoms. The van der Waals surface area contributed by atoms with Gasteiger partial charge in [0.1, 0.15) is 11.8 Å². The number of aliphatic carboxylic acids is 1. The van der Waals surface area contributed by atoms with E-state index in [1.807, 2.05) is 60.7 Å². The third kappa shape index (κ3) is 3.71. The van der Waals surface area contributed by atoms with Crippen molar-refractivity contribution in [1.29, 1.82) is 0 Å². The van der Waals surface area contributed by atoms with Crippen LogP contribution in [0.1, 0.15) is 36.4 Å². The first-order chi connectivity index (χ1) is 11.6. The lowest BCUT2D eigenvalue weighted by Gasteiger charge is -2.27. The van der Waals surface area contributed by atoms with E-state index in [0.717, 1.165) is 11.1 Å². The summed E-state index contributed by atoms with van der Waals surface area (Å²) < 4.78 is 0. The summed E-state index contributed by atoms with van der Waals surface area (Å²) in [5, 5.41) is 13.0. The Kier molecular flexibility index (Phi) is 5.06. The van der Waals surface area contributed by atoms with Crippen LogP contribution in [0.15, 0.2) is 60.7 Å². The molecule has 1 aliphatic carbocycles. The van der Waals surface area contributed by atoms with Gasteiger partial charge in [-0.05, 0) is 23.5 Å². The van der Waals surface area contributed by atoms with Gasteiger partial charge in [0.15, 0.2) is 0 Å². The van der Waals surface area contributed by atoms with Gasteiger partial charge in [0.25, 0.3) is 0 Å². The van der Waals surface area contributed by atoms with Crippen molar-refractivity contribution >= 4 is 11.8 Å². The van der Waals surface area contributed by atoms with Gasteiger partial charge in [-0.25, -0.2) is 0 Å². The number of hydrogen-bond acceptors (Lipinski definition) is 3. The first kappa shape index (κ1) is 16.4. The minimum atomic E-state index is -0.897. The zero-order valence-corrected chi connectivity index (χ0v) is 13.4. The first-order valence-corrected chi connectivity index (χ1v) is 8.25. The van der Waals surface area contributed by atoms with Crippen LogP contribution in [-0.4, -0.2) is 22.9 Å². The Labute approximate surface area is 141 Å². The van der Waals surface area contributed by atoms with Gasteiger partial charge in [0.05, 0.1) is 6.04 Å². The maximum absolute atomic E-state index is 11.8. The molecule has 24 heavy (non-hydrogen) atoms. The lowest BCUT2D eigenvalue weighted by atomic mass is 9.93. The first-order valence-electron chi connectivity index (χ1n) is 8.25. The van der Waals surface area contributed by atoms with E-state index < -0.39 is 12.0 Å². The van der Waals surface area contributed by atoms with Gasteiger partial charge in [-0.15, -0.1) is 0 Å². The van der Waals surface area contributed by atoms with Gasteiger partial charge < -0.3 is 5.11 Å². The van der Waals surface area contributed by atoms with Gasteiger partial charge >= 0.3 is 5.97 Å². The lowest BCUT2D eigenvalue weighted by molar-refractivity contribution is -0.141. The number of ketones is 1. The topological polar surface area (TPSA) is 66.4 Å². The molecule has 2 aromatic rings. The van der Waals surface area contributed by atoms with Crippen molar-refractivity contribution in [2.45, 2.75) is 31.3 Å². The SMILES string of the molecule is O=C1CCC([C@H](NC(c2ccccc2)c2ccccc2)C(=O)O)C1. The van der Waals surface area contributed by atoms with E-state index in [0.29, 0.717) is 19.3 Å². The molecule has 0 radical (unpaired) electrons. The summed E-state index contributed by atoms with van der Waals surface area (Å²) in [6.07, 6.45) is 1.47. The molecule has 0 aliphatic heterocycles. The van der Waals surface area contributed by atoms with E-state index in [2.05, 4.69) is 5.32 Å². The van der Waals surface area contributed by atoms with E-state index in [9.17, 15) is 14.7 Å². The predicted octanol–water partition coefficient (Wildman–Crippen LogP) is 3.19. The molecule has 2 N–H and O–H groups in total. The van der Waals surface area contributed by atoms with Gasteiger partial charge in [-0.3, -0.25) is 14.9 Å². The highest BCUT2D eigenvalue weighted by atomic mass is 16.4. The molecule has 0 aromatic heterocycles. The Bertz CT molecular complexity index is 660. The Morgan fingerprint density at radius 2 is 1.54 bits per heavy atom. The number of carboxylic acids is 1. The maximum atomic E-state index is 11.8. The minimum absolute atomic E-state index is 0.148. The molecule has 1 saturated carbocycles. The minimum Gasteiger partial charge on any atom is -0.480 e. The number of hydrogen-bond donors (Lipinski definition) is 2. The molecular weight excluding hydrogens is 302 g/mol. The summed E-state index contributed by atoms with van der Waals surface area (Å²) in [5.74, 6) is -0.888. The van der Waals surface area contributed by atoms with Crippen LogP contribution in [0.4, 0.5) is 0 Å². The van der Waals surface area contributed by atoms with Crippen molar-refractivity contribution < 1.29 is 14.7 Å². The van der Waals surface area contributed by atoms with E-state index >= 15 is 0 Å². The zero-order valence-electron chi connectivity index (χ0n) is 13.4. The zero-order chi connectivity index (χ0) is 16.9. The van der Waals surface area contributed by atoms with E-state index in [-0.39, 0.29) is 17.7 Å². The molecule has 0 amide bonds. The Balaban J connectivity index is 1.90. The van der Waals surface area contributed by atoms with Crippen molar-refractivity contribution in [3.05, 3.63) is 71.8 Å². The van der Waals surface area contributed by atoms with Gasteiger partial charge in [-0.1, -0.05) is 60.7 Å². The van der Waals surface area contributed by atoms with E-state index in [4.69, 9.17) is 0 Å². The highest BCUT2D eigenvalue weighted by Crippen LogP contribution is 2.29. The molecule has 1 aliphatic rings. The van der Waals surface area contributed by atoms with E-state index in [1.165, 1.54) is 0 Å². The molecule has 1 unspecified atom stereocenters. The fourth-order valence-corrected chi connectivity index (χ4v) is 3.39. The Hall–Kier alpha value is -2.46. The molecule has 0 heterocycles. The molecule has 3 rings (SSSR count). The highest BCUT2D eigenvalue weighted by molar-refractivity contribution is 5.83. The standard InChI is InChI=1S/C20H21NO3/c22-17-12-11-16(13-17)19(20(23)24)21-18(14-7-3-1-4-8-14)15-9-5-2-6-10-15/h1-10,16,18-19,21H,11-13H2,(H,23,24)/t16?,19-/m0/s1. The van der Waals surface area contributed by atoms with Crippen LogP contribution in [-0.2, 0) is 9.59 Å². The quantitative estimate of drug-likeness (QED) is 0.857. The fraction of sp³-hybridized carbons (Fsp3) is 0.300. The number of benzene rings is 2. The predicted molar refractivity (Wildman–Crippen MR) is 91.6 cm³/mol. The van der Waals surface area contributed by atoms with Crippen LogP contribution in [0, 0.1) is 5.92 Å². The monoisotopic (exact) mass is 323 g/mol. The van der Waals surface area contributed by atoms with Gasteiger partial charge in [0.2, 0.25) is 0 Å². The fourth-order valence-electron chi connectivity index (χ4n) is 3.39. The van der Waals surface area contributed by atoms with Crippen molar-refractivity contribution in [3.63, 3.8) is 0 Å². The van der Waals surface area contributed by atoms with Crippen molar-refractivity contribution in [1.82, 2.24) is 5.32 Å². The van der Waals surface area contributed by atoms with Crippen LogP contribution in [0.25, 0.3) is 0 Å². The maximum Gasteiger partial charge on any atom is 0.321 e. The molecule has 0 saturated heterocycles. The summed E-state index contributed by atoms with van der Waals surface area (Å²) in [5.41, 5.74) is 2.03. The van der Waals surface area contributed by atoms with Crippen LogP contribution < -0.4 is 5.32 Å². The van der Waals surface area contributed by atoms with Crippen LogP contribution in [0.3, 0.4) is 0 Å². The summed E-state index contributed by atoms with van der Waals surface area (Å²) in [4.78, 5) is 23.4. The second kappa shape index (κ2) is 7.41.